The quantitative estimate of drug-likeness (QED) is 0.319. The summed E-state index contributed by atoms with van der Waals surface area (Å²) in [4.78, 5) is 9.47. The van der Waals surface area contributed by atoms with Crippen LogP contribution < -0.4 is 15.4 Å². The molecule has 1 aromatic carbocycles. The number of ether oxygens (including phenoxy) is 1. The molecular formula is C23H41N5O. The third kappa shape index (κ3) is 7.86. The summed E-state index contributed by atoms with van der Waals surface area (Å²) in [6.07, 6.45) is 4.94. The fourth-order valence-electron chi connectivity index (χ4n) is 3.96. The van der Waals surface area contributed by atoms with Gasteiger partial charge in [-0.05, 0) is 76.1 Å². The summed E-state index contributed by atoms with van der Waals surface area (Å²) in [5, 5.41) is 7.03. The van der Waals surface area contributed by atoms with Gasteiger partial charge in [0.2, 0.25) is 0 Å². The van der Waals surface area contributed by atoms with E-state index in [0.29, 0.717) is 6.04 Å². The molecule has 1 aliphatic rings. The Morgan fingerprint density at radius 1 is 1.10 bits per heavy atom. The van der Waals surface area contributed by atoms with Crippen molar-refractivity contribution in [3.8, 4) is 5.75 Å². The highest BCUT2D eigenvalue weighted by Gasteiger charge is 2.23. The van der Waals surface area contributed by atoms with Gasteiger partial charge >= 0.3 is 0 Å². The van der Waals surface area contributed by atoms with Crippen LogP contribution in [-0.2, 0) is 0 Å². The van der Waals surface area contributed by atoms with Crippen LogP contribution >= 0.6 is 0 Å². The fraction of sp³-hybridized carbons (Fsp3) is 0.696. The van der Waals surface area contributed by atoms with Gasteiger partial charge in [0.05, 0.1) is 13.2 Å². The van der Waals surface area contributed by atoms with Crippen LogP contribution in [0.4, 0.5) is 0 Å². The van der Waals surface area contributed by atoms with E-state index in [1.165, 1.54) is 31.4 Å². The number of hydrogen-bond donors (Lipinski definition) is 2. The standard InChI is InChI=1S/C23H41N5O/c1-5-27(6-2)16-8-7-15-25-23(24-3)26-19-22(28-17-9-10-18-28)20-11-13-21(29-4)14-12-20/h11-14,22H,5-10,15-19H2,1-4H3,(H2,24,25,26). The summed E-state index contributed by atoms with van der Waals surface area (Å²) in [6, 6.07) is 8.84. The molecular weight excluding hydrogens is 362 g/mol. The molecule has 1 unspecified atom stereocenters. The Balaban J connectivity index is 1.83. The molecule has 0 amide bonds. The first-order valence-electron chi connectivity index (χ1n) is 11.3. The van der Waals surface area contributed by atoms with Gasteiger partial charge in [0.25, 0.3) is 0 Å². The predicted molar refractivity (Wildman–Crippen MR) is 123 cm³/mol. The summed E-state index contributed by atoms with van der Waals surface area (Å²) >= 11 is 0. The molecule has 0 saturated carbocycles. The SMILES string of the molecule is CCN(CC)CCCCNC(=NC)NCC(c1ccc(OC)cc1)N1CCCC1. The van der Waals surface area contributed by atoms with E-state index < -0.39 is 0 Å². The Hall–Kier alpha value is -1.79. The minimum atomic E-state index is 0.352. The number of methoxy groups -OCH3 is 1. The second kappa shape index (κ2) is 13.4. The minimum Gasteiger partial charge on any atom is -0.497 e. The molecule has 6 nitrogen and oxygen atoms in total. The van der Waals surface area contributed by atoms with Crippen molar-refractivity contribution in [2.24, 2.45) is 4.99 Å². The third-order valence-electron chi connectivity index (χ3n) is 5.86. The Bertz CT molecular complexity index is 579. The molecule has 2 N–H and O–H groups in total. The van der Waals surface area contributed by atoms with Gasteiger partial charge in [-0.15, -0.1) is 0 Å². The van der Waals surface area contributed by atoms with Crippen LogP contribution in [0.2, 0.25) is 0 Å². The largest absolute Gasteiger partial charge is 0.497 e. The maximum atomic E-state index is 5.32. The molecule has 0 bridgehead atoms. The van der Waals surface area contributed by atoms with Crippen molar-refractivity contribution < 1.29 is 4.74 Å². The minimum absolute atomic E-state index is 0.352. The lowest BCUT2D eigenvalue weighted by Crippen LogP contribution is -2.43. The number of benzene rings is 1. The molecule has 6 heteroatoms. The van der Waals surface area contributed by atoms with Crippen molar-refractivity contribution in [1.82, 2.24) is 20.4 Å². The van der Waals surface area contributed by atoms with Crippen LogP contribution in [0.25, 0.3) is 0 Å². The van der Waals surface area contributed by atoms with E-state index in [-0.39, 0.29) is 0 Å². The number of unbranched alkanes of at least 4 members (excludes halogenated alkanes) is 1. The average molecular weight is 404 g/mol. The van der Waals surface area contributed by atoms with Crippen LogP contribution in [0.3, 0.4) is 0 Å². The lowest BCUT2D eigenvalue weighted by atomic mass is 10.1. The second-order valence-electron chi connectivity index (χ2n) is 7.65. The zero-order valence-electron chi connectivity index (χ0n) is 18.9. The molecule has 1 aromatic rings. The van der Waals surface area contributed by atoms with E-state index >= 15 is 0 Å². The molecule has 0 spiro atoms. The highest BCUT2D eigenvalue weighted by molar-refractivity contribution is 5.79. The van der Waals surface area contributed by atoms with Crippen LogP contribution in [0.15, 0.2) is 29.3 Å². The molecule has 1 saturated heterocycles. The summed E-state index contributed by atoms with van der Waals surface area (Å²) in [7, 11) is 3.57. The van der Waals surface area contributed by atoms with E-state index in [4.69, 9.17) is 4.74 Å². The van der Waals surface area contributed by atoms with Crippen molar-refractivity contribution in [2.45, 2.75) is 45.6 Å². The van der Waals surface area contributed by atoms with Gasteiger partial charge in [0, 0.05) is 20.1 Å². The van der Waals surface area contributed by atoms with E-state index in [1.807, 2.05) is 7.05 Å². The molecule has 0 aliphatic carbocycles. The van der Waals surface area contributed by atoms with Crippen molar-refractivity contribution in [3.05, 3.63) is 29.8 Å². The highest BCUT2D eigenvalue weighted by atomic mass is 16.5. The molecule has 29 heavy (non-hydrogen) atoms. The summed E-state index contributed by atoms with van der Waals surface area (Å²) in [6.45, 7) is 12.0. The van der Waals surface area contributed by atoms with Crippen LogP contribution in [-0.4, -0.2) is 75.7 Å². The first-order chi connectivity index (χ1) is 14.2. The maximum absolute atomic E-state index is 5.32. The van der Waals surface area contributed by atoms with Crippen LogP contribution in [0, 0.1) is 0 Å². The van der Waals surface area contributed by atoms with Gasteiger partial charge in [-0.3, -0.25) is 9.89 Å². The number of likely N-dealkylation sites (tertiary alicyclic amines) is 1. The average Bonchev–Trinajstić information content (AvgIpc) is 3.30. The van der Waals surface area contributed by atoms with Crippen molar-refractivity contribution >= 4 is 5.96 Å². The first-order valence-corrected chi connectivity index (χ1v) is 11.3. The Morgan fingerprint density at radius 2 is 1.79 bits per heavy atom. The predicted octanol–water partition coefficient (Wildman–Crippen LogP) is 3.12. The molecule has 0 aromatic heterocycles. The number of nitrogens with zero attached hydrogens (tertiary/aromatic N) is 3. The smallest absolute Gasteiger partial charge is 0.191 e. The number of hydrogen-bond acceptors (Lipinski definition) is 4. The normalized spacial score (nSPS) is 16.2. The van der Waals surface area contributed by atoms with Gasteiger partial charge < -0.3 is 20.3 Å². The zero-order chi connectivity index (χ0) is 20.9. The van der Waals surface area contributed by atoms with Crippen molar-refractivity contribution in [3.63, 3.8) is 0 Å². The van der Waals surface area contributed by atoms with Crippen LogP contribution in [0.1, 0.15) is 51.1 Å². The van der Waals surface area contributed by atoms with Gasteiger partial charge in [0.1, 0.15) is 5.75 Å². The van der Waals surface area contributed by atoms with E-state index in [2.05, 4.69) is 63.5 Å². The van der Waals surface area contributed by atoms with Gasteiger partial charge in [-0.1, -0.05) is 26.0 Å². The Kier molecular flexibility index (Phi) is 10.9. The molecule has 2 rings (SSSR count). The number of nitrogens with one attached hydrogen (secondary N) is 2. The molecule has 1 atom stereocenters. The third-order valence-corrected chi connectivity index (χ3v) is 5.86. The van der Waals surface area contributed by atoms with Gasteiger partial charge in [-0.2, -0.15) is 0 Å². The lowest BCUT2D eigenvalue weighted by Gasteiger charge is -2.29. The van der Waals surface area contributed by atoms with Crippen molar-refractivity contribution in [2.75, 3.05) is 60.0 Å². The summed E-state index contributed by atoms with van der Waals surface area (Å²) < 4.78 is 5.32. The molecule has 1 heterocycles. The van der Waals surface area contributed by atoms with Gasteiger partial charge in [-0.25, -0.2) is 0 Å². The first kappa shape index (κ1) is 23.5. The maximum Gasteiger partial charge on any atom is 0.191 e. The number of aliphatic imine (C=N–C) groups is 1. The highest BCUT2D eigenvalue weighted by Crippen LogP contribution is 2.26. The Labute approximate surface area is 177 Å². The van der Waals surface area contributed by atoms with Crippen LogP contribution in [0.5, 0.6) is 5.75 Å². The van der Waals surface area contributed by atoms with E-state index in [9.17, 15) is 0 Å². The zero-order valence-corrected chi connectivity index (χ0v) is 18.9. The lowest BCUT2D eigenvalue weighted by molar-refractivity contribution is 0.245. The molecule has 1 fully saturated rings. The summed E-state index contributed by atoms with van der Waals surface area (Å²) in [5.74, 6) is 1.80. The summed E-state index contributed by atoms with van der Waals surface area (Å²) in [5.41, 5.74) is 1.33. The van der Waals surface area contributed by atoms with Crippen molar-refractivity contribution in [1.29, 1.82) is 0 Å². The van der Waals surface area contributed by atoms with E-state index in [1.54, 1.807) is 7.11 Å². The van der Waals surface area contributed by atoms with E-state index in [0.717, 1.165) is 57.4 Å². The number of guanidine groups is 1. The van der Waals surface area contributed by atoms with Gasteiger partial charge in [0.15, 0.2) is 5.96 Å². The number of rotatable bonds is 12. The Morgan fingerprint density at radius 3 is 2.38 bits per heavy atom. The fourth-order valence-corrected chi connectivity index (χ4v) is 3.96. The monoisotopic (exact) mass is 403 g/mol. The molecule has 1 aliphatic heterocycles. The molecule has 0 radical (unpaired) electrons. The topological polar surface area (TPSA) is 52.1 Å². The molecule has 164 valence electrons. The second-order valence-corrected chi connectivity index (χ2v) is 7.65.